The third kappa shape index (κ3) is 4.92. The second-order valence-corrected chi connectivity index (χ2v) is 8.28. The number of nitrogens with zero attached hydrogens (tertiary/aromatic N) is 3. The van der Waals surface area contributed by atoms with Gasteiger partial charge in [-0.15, -0.1) is 10.2 Å². The first-order valence-corrected chi connectivity index (χ1v) is 10.7. The molecule has 6 nitrogen and oxygen atoms in total. The number of aromatic nitrogens is 2. The van der Waals surface area contributed by atoms with Gasteiger partial charge in [0.25, 0.3) is 5.22 Å². The van der Waals surface area contributed by atoms with Crippen LogP contribution < -0.4 is 0 Å². The highest BCUT2D eigenvalue weighted by Gasteiger charge is 2.24. The first-order chi connectivity index (χ1) is 14.1. The van der Waals surface area contributed by atoms with Crippen molar-refractivity contribution in [3.63, 3.8) is 0 Å². The zero-order valence-corrected chi connectivity index (χ0v) is 17.2. The van der Waals surface area contributed by atoms with E-state index in [-0.39, 0.29) is 17.4 Å². The number of halogens is 1. The Balaban J connectivity index is 1.27. The van der Waals surface area contributed by atoms with Crippen molar-refractivity contribution in [1.82, 2.24) is 15.1 Å². The number of hydrogen-bond acceptors (Lipinski definition) is 6. The van der Waals surface area contributed by atoms with Crippen LogP contribution in [0.2, 0.25) is 5.02 Å². The molecular formula is C21H20ClN3O3S. The van der Waals surface area contributed by atoms with Gasteiger partial charge in [0.2, 0.25) is 11.8 Å². The van der Waals surface area contributed by atoms with Crippen molar-refractivity contribution in [2.45, 2.75) is 24.0 Å². The molecule has 2 heterocycles. The molecule has 29 heavy (non-hydrogen) atoms. The van der Waals surface area contributed by atoms with Gasteiger partial charge in [0.15, 0.2) is 0 Å². The highest BCUT2D eigenvalue weighted by atomic mass is 35.5. The molecule has 8 heteroatoms. The molecule has 1 aliphatic heterocycles. The maximum Gasteiger partial charge on any atom is 0.277 e. The number of carbonyl (C=O) groups is 1. The summed E-state index contributed by atoms with van der Waals surface area (Å²) < 4.78 is 5.64. The van der Waals surface area contributed by atoms with Crippen LogP contribution in [-0.4, -0.2) is 45.0 Å². The standard InChI is InChI=1S/C21H20ClN3O3S/c22-17-5-1-16(2-6-17)20-23-24-21(28-20)29-13-19(27)25-11-9-15(10-12-25)14-3-7-18(26)8-4-14/h1-8,15,26H,9-13H2. The van der Waals surface area contributed by atoms with Gasteiger partial charge in [-0.25, -0.2) is 0 Å². The highest BCUT2D eigenvalue weighted by molar-refractivity contribution is 7.99. The number of amides is 1. The molecule has 3 aromatic rings. The molecule has 2 aromatic carbocycles. The summed E-state index contributed by atoms with van der Waals surface area (Å²) in [5.41, 5.74) is 2.00. The van der Waals surface area contributed by atoms with E-state index in [0.29, 0.717) is 22.1 Å². The second-order valence-electron chi connectivity index (χ2n) is 6.92. The lowest BCUT2D eigenvalue weighted by molar-refractivity contribution is -0.129. The van der Waals surface area contributed by atoms with Crippen LogP contribution in [0.5, 0.6) is 5.75 Å². The van der Waals surface area contributed by atoms with Gasteiger partial charge in [-0.3, -0.25) is 4.79 Å². The molecule has 0 bridgehead atoms. The fourth-order valence-corrected chi connectivity index (χ4v) is 4.19. The number of benzene rings is 2. The largest absolute Gasteiger partial charge is 0.508 e. The number of piperidine rings is 1. The number of phenolic OH excluding ortho intramolecular Hbond substituents is 1. The van der Waals surface area contributed by atoms with Crippen molar-refractivity contribution < 1.29 is 14.3 Å². The van der Waals surface area contributed by atoms with Crippen molar-refractivity contribution in [3.8, 4) is 17.2 Å². The summed E-state index contributed by atoms with van der Waals surface area (Å²) in [6, 6.07) is 14.5. The maximum atomic E-state index is 12.5. The summed E-state index contributed by atoms with van der Waals surface area (Å²) in [4.78, 5) is 14.4. The number of likely N-dealkylation sites (tertiary alicyclic amines) is 1. The smallest absolute Gasteiger partial charge is 0.277 e. The minimum atomic E-state index is 0.0744. The Morgan fingerprint density at radius 3 is 2.48 bits per heavy atom. The Labute approximate surface area is 177 Å². The van der Waals surface area contributed by atoms with Crippen molar-refractivity contribution >= 4 is 29.3 Å². The maximum absolute atomic E-state index is 12.5. The monoisotopic (exact) mass is 429 g/mol. The summed E-state index contributed by atoms with van der Waals surface area (Å²) in [7, 11) is 0. The molecule has 0 atom stereocenters. The van der Waals surface area contributed by atoms with Gasteiger partial charge in [0.05, 0.1) is 5.75 Å². The quantitative estimate of drug-likeness (QED) is 0.597. The van der Waals surface area contributed by atoms with Crippen LogP contribution in [0.1, 0.15) is 24.3 Å². The lowest BCUT2D eigenvalue weighted by Crippen LogP contribution is -2.38. The lowest BCUT2D eigenvalue weighted by Gasteiger charge is -2.32. The van der Waals surface area contributed by atoms with Crippen molar-refractivity contribution in [3.05, 3.63) is 59.1 Å². The molecule has 1 amide bonds. The van der Waals surface area contributed by atoms with Crippen LogP contribution >= 0.6 is 23.4 Å². The minimum absolute atomic E-state index is 0.0744. The van der Waals surface area contributed by atoms with E-state index in [4.69, 9.17) is 16.0 Å². The fourth-order valence-electron chi connectivity index (χ4n) is 3.40. The second kappa shape index (κ2) is 8.88. The Kier molecular flexibility index (Phi) is 6.06. The van der Waals surface area contributed by atoms with E-state index in [1.165, 1.54) is 17.3 Å². The predicted molar refractivity (Wildman–Crippen MR) is 112 cm³/mol. The Hall–Kier alpha value is -2.51. The van der Waals surface area contributed by atoms with Crippen molar-refractivity contribution in [2.24, 2.45) is 0 Å². The zero-order valence-electron chi connectivity index (χ0n) is 15.6. The number of hydrogen-bond donors (Lipinski definition) is 1. The molecule has 1 N–H and O–H groups in total. The van der Waals surface area contributed by atoms with E-state index in [0.717, 1.165) is 31.5 Å². The normalized spacial score (nSPS) is 14.9. The molecule has 1 aromatic heterocycles. The number of phenols is 1. The molecule has 1 fully saturated rings. The number of aromatic hydroxyl groups is 1. The third-order valence-corrected chi connectivity index (χ3v) is 6.08. The van der Waals surface area contributed by atoms with E-state index >= 15 is 0 Å². The summed E-state index contributed by atoms with van der Waals surface area (Å²) in [6.07, 6.45) is 1.84. The van der Waals surface area contributed by atoms with Crippen LogP contribution in [0.25, 0.3) is 11.5 Å². The molecule has 0 spiro atoms. The van der Waals surface area contributed by atoms with Gasteiger partial charge >= 0.3 is 0 Å². The molecule has 0 saturated carbocycles. The molecule has 1 saturated heterocycles. The van der Waals surface area contributed by atoms with Crippen LogP contribution in [0.4, 0.5) is 0 Å². The summed E-state index contributed by atoms with van der Waals surface area (Å²) >= 11 is 7.14. The van der Waals surface area contributed by atoms with Crippen LogP contribution in [-0.2, 0) is 4.79 Å². The average molecular weight is 430 g/mol. The van der Waals surface area contributed by atoms with Gasteiger partial charge in [0, 0.05) is 23.7 Å². The molecule has 150 valence electrons. The van der Waals surface area contributed by atoms with Gasteiger partial charge in [0.1, 0.15) is 5.75 Å². The van der Waals surface area contributed by atoms with Crippen molar-refractivity contribution in [2.75, 3.05) is 18.8 Å². The molecule has 1 aliphatic rings. The topological polar surface area (TPSA) is 79.5 Å². The summed E-state index contributed by atoms with van der Waals surface area (Å²) in [6.45, 7) is 1.45. The van der Waals surface area contributed by atoms with Gasteiger partial charge in [-0.2, -0.15) is 0 Å². The average Bonchev–Trinajstić information content (AvgIpc) is 3.22. The van der Waals surface area contributed by atoms with Crippen LogP contribution in [0, 0.1) is 0 Å². The number of carbonyl (C=O) groups excluding carboxylic acids is 1. The highest BCUT2D eigenvalue weighted by Crippen LogP contribution is 2.30. The van der Waals surface area contributed by atoms with Gasteiger partial charge in [-0.05, 0) is 60.7 Å². The molecule has 0 aliphatic carbocycles. The van der Waals surface area contributed by atoms with Gasteiger partial charge < -0.3 is 14.4 Å². The number of thioether (sulfide) groups is 1. The Morgan fingerprint density at radius 1 is 1.10 bits per heavy atom. The van der Waals surface area contributed by atoms with Crippen LogP contribution in [0.15, 0.2) is 58.2 Å². The van der Waals surface area contributed by atoms with E-state index in [1.54, 1.807) is 24.3 Å². The van der Waals surface area contributed by atoms with E-state index in [9.17, 15) is 9.90 Å². The minimum Gasteiger partial charge on any atom is -0.508 e. The summed E-state index contributed by atoms with van der Waals surface area (Å²) in [5.74, 6) is 1.45. The molecule has 0 radical (unpaired) electrons. The Morgan fingerprint density at radius 2 is 1.79 bits per heavy atom. The third-order valence-electron chi connectivity index (χ3n) is 5.03. The Bertz CT molecular complexity index is 968. The molecular weight excluding hydrogens is 410 g/mol. The fraction of sp³-hybridized carbons (Fsp3) is 0.286. The first-order valence-electron chi connectivity index (χ1n) is 9.37. The number of rotatable bonds is 5. The molecule has 4 rings (SSSR count). The predicted octanol–water partition coefficient (Wildman–Crippen LogP) is 4.59. The summed E-state index contributed by atoms with van der Waals surface area (Å²) in [5, 5.41) is 18.5. The van der Waals surface area contributed by atoms with Crippen molar-refractivity contribution in [1.29, 1.82) is 0 Å². The van der Waals surface area contributed by atoms with Crippen LogP contribution in [0.3, 0.4) is 0 Å². The lowest BCUT2D eigenvalue weighted by atomic mass is 9.89. The van der Waals surface area contributed by atoms with E-state index < -0.39 is 0 Å². The van der Waals surface area contributed by atoms with E-state index in [1.807, 2.05) is 29.2 Å². The van der Waals surface area contributed by atoms with E-state index in [2.05, 4.69) is 10.2 Å². The SMILES string of the molecule is O=C(CSc1nnc(-c2ccc(Cl)cc2)o1)N1CCC(c2ccc(O)cc2)CC1. The first kappa shape index (κ1) is 19.8. The van der Waals surface area contributed by atoms with Gasteiger partial charge in [-0.1, -0.05) is 35.5 Å². The molecule has 0 unspecified atom stereocenters. The zero-order chi connectivity index (χ0) is 20.2.